The van der Waals surface area contributed by atoms with Crippen molar-refractivity contribution in [3.63, 3.8) is 0 Å². The smallest absolute Gasteiger partial charge is 0.279 e. The highest BCUT2D eigenvalue weighted by molar-refractivity contribution is 7.99. The van der Waals surface area contributed by atoms with Crippen molar-refractivity contribution in [2.75, 3.05) is 33.0 Å². The van der Waals surface area contributed by atoms with E-state index in [1.807, 2.05) is 24.3 Å². The SMILES string of the molecule is N#CC(=Cc1cc(Sc2ccc(C3COCCO3)cc2)c(F)cc1[N+](=O)[O-])CC1CCOCC1. The van der Waals surface area contributed by atoms with E-state index in [0.29, 0.717) is 50.9 Å². The first-order valence-corrected chi connectivity index (χ1v) is 12.0. The fourth-order valence-electron chi connectivity index (χ4n) is 4.05. The van der Waals surface area contributed by atoms with Gasteiger partial charge in [-0.3, -0.25) is 10.1 Å². The van der Waals surface area contributed by atoms with Gasteiger partial charge in [0.2, 0.25) is 0 Å². The van der Waals surface area contributed by atoms with Crippen LogP contribution in [0.4, 0.5) is 10.1 Å². The van der Waals surface area contributed by atoms with Gasteiger partial charge in [-0.15, -0.1) is 0 Å². The van der Waals surface area contributed by atoms with Crippen LogP contribution in [0.3, 0.4) is 0 Å². The minimum Gasteiger partial charge on any atom is -0.381 e. The first-order chi connectivity index (χ1) is 16.5. The van der Waals surface area contributed by atoms with Crippen molar-refractivity contribution in [1.29, 1.82) is 5.26 Å². The maximum atomic E-state index is 14.8. The van der Waals surface area contributed by atoms with Crippen molar-refractivity contribution in [1.82, 2.24) is 0 Å². The van der Waals surface area contributed by atoms with Crippen LogP contribution in [-0.4, -0.2) is 38.0 Å². The Bertz CT molecular complexity index is 1090. The lowest BCUT2D eigenvalue weighted by Crippen LogP contribution is -2.21. The highest BCUT2D eigenvalue weighted by atomic mass is 32.2. The molecule has 4 rings (SSSR count). The standard InChI is InChI=1S/C25H25FN2O5S/c26-22-14-23(28(29)30)20(12-18(15-27)11-17-5-7-31-8-6-17)13-25(22)34-21-3-1-19(2-4-21)24-16-32-9-10-33-24/h1-4,12-14,17,24H,5-11,16H2. The van der Waals surface area contributed by atoms with Crippen molar-refractivity contribution >= 4 is 23.5 Å². The molecule has 7 nitrogen and oxygen atoms in total. The van der Waals surface area contributed by atoms with Crippen molar-refractivity contribution in [2.24, 2.45) is 5.92 Å². The first-order valence-electron chi connectivity index (χ1n) is 11.2. The molecule has 2 saturated heterocycles. The second-order valence-electron chi connectivity index (χ2n) is 8.25. The zero-order valence-electron chi connectivity index (χ0n) is 18.6. The fourth-order valence-corrected chi connectivity index (χ4v) is 4.92. The Hall–Kier alpha value is -2.77. The molecule has 2 heterocycles. The zero-order valence-corrected chi connectivity index (χ0v) is 19.4. The Labute approximate surface area is 201 Å². The van der Waals surface area contributed by atoms with Crippen LogP contribution in [0.5, 0.6) is 0 Å². The highest BCUT2D eigenvalue weighted by Crippen LogP contribution is 2.36. The Morgan fingerprint density at radius 1 is 1.18 bits per heavy atom. The van der Waals surface area contributed by atoms with Gasteiger partial charge in [-0.05, 0) is 55.0 Å². The van der Waals surface area contributed by atoms with Crippen molar-refractivity contribution in [3.8, 4) is 6.07 Å². The van der Waals surface area contributed by atoms with Crippen LogP contribution in [-0.2, 0) is 14.2 Å². The second kappa shape index (κ2) is 11.6. The van der Waals surface area contributed by atoms with Crippen LogP contribution < -0.4 is 0 Å². The van der Waals surface area contributed by atoms with Gasteiger partial charge in [-0.25, -0.2) is 4.39 Å². The lowest BCUT2D eigenvalue weighted by molar-refractivity contribution is -0.385. The van der Waals surface area contributed by atoms with Gasteiger partial charge in [0.25, 0.3) is 5.69 Å². The van der Waals surface area contributed by atoms with Crippen LogP contribution >= 0.6 is 11.8 Å². The maximum Gasteiger partial charge on any atom is 0.279 e. The van der Waals surface area contributed by atoms with Gasteiger partial charge in [0.15, 0.2) is 0 Å². The third kappa shape index (κ3) is 6.21. The van der Waals surface area contributed by atoms with E-state index in [1.54, 1.807) is 0 Å². The van der Waals surface area contributed by atoms with Gasteiger partial charge in [0, 0.05) is 28.6 Å². The molecule has 1 atom stereocenters. The van der Waals surface area contributed by atoms with E-state index in [-0.39, 0.29) is 22.3 Å². The predicted molar refractivity (Wildman–Crippen MR) is 125 cm³/mol. The van der Waals surface area contributed by atoms with Gasteiger partial charge < -0.3 is 14.2 Å². The molecule has 2 aliphatic heterocycles. The summed E-state index contributed by atoms with van der Waals surface area (Å²) in [5.41, 5.74) is 1.29. The topological polar surface area (TPSA) is 94.6 Å². The van der Waals surface area contributed by atoms with E-state index in [1.165, 1.54) is 23.9 Å². The quantitative estimate of drug-likeness (QED) is 0.283. The molecule has 178 valence electrons. The average molecular weight is 485 g/mol. The molecular weight excluding hydrogens is 459 g/mol. The lowest BCUT2D eigenvalue weighted by Gasteiger charge is -2.23. The molecule has 9 heteroatoms. The molecule has 0 aromatic heterocycles. The molecule has 0 spiro atoms. The third-order valence-electron chi connectivity index (χ3n) is 5.90. The van der Waals surface area contributed by atoms with Crippen LogP contribution in [0.15, 0.2) is 51.8 Å². The molecule has 1 unspecified atom stereocenters. The van der Waals surface area contributed by atoms with Crippen LogP contribution in [0.2, 0.25) is 0 Å². The first kappa shape index (κ1) is 24.4. The Kier molecular flexibility index (Phi) is 8.29. The molecule has 2 aliphatic rings. The number of nitrogens with zero attached hydrogens (tertiary/aromatic N) is 2. The number of nitro benzene ring substituents is 1. The number of allylic oxidation sites excluding steroid dienone is 1. The van der Waals surface area contributed by atoms with E-state index >= 15 is 0 Å². The fraction of sp³-hybridized carbons (Fsp3) is 0.400. The summed E-state index contributed by atoms with van der Waals surface area (Å²) in [4.78, 5) is 12.0. The van der Waals surface area contributed by atoms with E-state index in [4.69, 9.17) is 14.2 Å². The summed E-state index contributed by atoms with van der Waals surface area (Å²) in [6.45, 7) is 2.93. The molecule has 2 aromatic carbocycles. The molecule has 2 fully saturated rings. The number of benzene rings is 2. The summed E-state index contributed by atoms with van der Waals surface area (Å²) in [6, 6.07) is 12.1. The van der Waals surface area contributed by atoms with Gasteiger partial charge in [0.05, 0.1) is 42.4 Å². The van der Waals surface area contributed by atoms with Crippen LogP contribution in [0, 0.1) is 33.2 Å². The van der Waals surface area contributed by atoms with Crippen molar-refractivity contribution < 1.29 is 23.5 Å². The van der Waals surface area contributed by atoms with Crippen LogP contribution in [0.25, 0.3) is 6.08 Å². The van der Waals surface area contributed by atoms with Crippen LogP contribution in [0.1, 0.15) is 36.5 Å². The number of ether oxygens (including phenoxy) is 3. The summed E-state index contributed by atoms with van der Waals surface area (Å²) < 4.78 is 31.3. The average Bonchev–Trinajstić information content (AvgIpc) is 2.87. The van der Waals surface area contributed by atoms with E-state index in [0.717, 1.165) is 29.4 Å². The molecule has 0 saturated carbocycles. The number of hydrogen-bond donors (Lipinski definition) is 0. The molecule has 0 amide bonds. The van der Waals surface area contributed by atoms with E-state index < -0.39 is 10.7 Å². The Morgan fingerprint density at radius 2 is 1.94 bits per heavy atom. The van der Waals surface area contributed by atoms with E-state index in [9.17, 15) is 19.8 Å². The second-order valence-corrected chi connectivity index (χ2v) is 9.36. The number of rotatable bonds is 7. The number of nitro groups is 1. The van der Waals surface area contributed by atoms with Crippen molar-refractivity contribution in [2.45, 2.75) is 35.2 Å². The molecule has 0 N–H and O–H groups in total. The third-order valence-corrected chi connectivity index (χ3v) is 6.94. The maximum absolute atomic E-state index is 14.8. The van der Waals surface area contributed by atoms with Gasteiger partial charge in [0.1, 0.15) is 11.9 Å². The number of halogens is 1. The largest absolute Gasteiger partial charge is 0.381 e. The van der Waals surface area contributed by atoms with E-state index in [2.05, 4.69) is 6.07 Å². The summed E-state index contributed by atoms with van der Waals surface area (Å²) in [5.74, 6) is -0.380. The zero-order chi connectivity index (χ0) is 23.9. The van der Waals surface area contributed by atoms with Gasteiger partial charge >= 0.3 is 0 Å². The Morgan fingerprint density at radius 3 is 2.59 bits per heavy atom. The Balaban J connectivity index is 1.56. The normalized spacial score (nSPS) is 19.5. The molecule has 0 bridgehead atoms. The molecule has 34 heavy (non-hydrogen) atoms. The molecule has 2 aromatic rings. The minimum atomic E-state index is -0.676. The summed E-state index contributed by atoms with van der Waals surface area (Å²) in [7, 11) is 0. The number of hydrogen-bond acceptors (Lipinski definition) is 7. The van der Waals surface area contributed by atoms with Gasteiger partial charge in [-0.1, -0.05) is 23.9 Å². The molecule has 0 radical (unpaired) electrons. The molecular formula is C25H25FN2O5S. The van der Waals surface area contributed by atoms with Crippen molar-refractivity contribution in [3.05, 3.63) is 69.0 Å². The number of nitriles is 1. The predicted octanol–water partition coefficient (Wildman–Crippen LogP) is 5.70. The summed E-state index contributed by atoms with van der Waals surface area (Å²) in [5, 5.41) is 21.2. The minimum absolute atomic E-state index is 0.124. The highest BCUT2D eigenvalue weighted by Gasteiger charge is 2.21. The molecule has 0 aliphatic carbocycles. The van der Waals surface area contributed by atoms with Gasteiger partial charge in [-0.2, -0.15) is 5.26 Å². The summed E-state index contributed by atoms with van der Waals surface area (Å²) in [6.07, 6.45) is 3.60. The summed E-state index contributed by atoms with van der Waals surface area (Å²) >= 11 is 1.18. The monoisotopic (exact) mass is 484 g/mol. The lowest BCUT2D eigenvalue weighted by atomic mass is 9.92.